The highest BCUT2D eigenvalue weighted by atomic mass is 79.9. The van der Waals surface area contributed by atoms with E-state index in [-0.39, 0.29) is 12.5 Å². The van der Waals surface area contributed by atoms with Crippen molar-refractivity contribution in [2.24, 2.45) is 0 Å². The Balaban J connectivity index is 1.56. The van der Waals surface area contributed by atoms with Crippen molar-refractivity contribution in [1.82, 2.24) is 5.32 Å². The number of fused-ring (bicyclic) bond motifs is 1. The number of hydrogen-bond acceptors (Lipinski definition) is 3. The number of alkyl carbamates (subject to hydrolysis) is 1. The molecule has 1 atom stereocenters. The van der Waals surface area contributed by atoms with Gasteiger partial charge in [-0.15, -0.1) is 0 Å². The average Bonchev–Trinajstić information content (AvgIpc) is 2.77. The predicted molar refractivity (Wildman–Crippen MR) is 124 cm³/mol. The summed E-state index contributed by atoms with van der Waals surface area (Å²) in [5, 5.41) is 2.82. The summed E-state index contributed by atoms with van der Waals surface area (Å²) < 4.78 is 6.30. The van der Waals surface area contributed by atoms with E-state index in [1.54, 1.807) is 11.8 Å². The Kier molecular flexibility index (Phi) is 6.09. The van der Waals surface area contributed by atoms with Crippen molar-refractivity contribution >= 4 is 33.6 Å². The monoisotopic (exact) mass is 478 g/mol. The molecule has 0 aliphatic carbocycles. The summed E-state index contributed by atoms with van der Waals surface area (Å²) in [7, 11) is 0. The number of rotatable bonds is 5. The van der Waals surface area contributed by atoms with Gasteiger partial charge in [-0.2, -0.15) is 0 Å². The number of carbonyl (C=O) groups is 2. The van der Waals surface area contributed by atoms with Crippen molar-refractivity contribution in [1.29, 1.82) is 0 Å². The van der Waals surface area contributed by atoms with Crippen LogP contribution in [-0.2, 0) is 29.1 Å². The van der Waals surface area contributed by atoms with Crippen LogP contribution in [0.3, 0.4) is 0 Å². The van der Waals surface area contributed by atoms with E-state index >= 15 is 0 Å². The van der Waals surface area contributed by atoms with Gasteiger partial charge in [-0.25, -0.2) is 4.79 Å². The number of halogens is 1. The minimum Gasteiger partial charge on any atom is -0.445 e. The van der Waals surface area contributed by atoms with E-state index < -0.39 is 11.6 Å². The molecule has 1 aliphatic heterocycles. The Morgan fingerprint density at radius 1 is 1.03 bits per heavy atom. The summed E-state index contributed by atoms with van der Waals surface area (Å²) in [6, 6.07) is 25.1. The zero-order chi connectivity index (χ0) is 21.8. The van der Waals surface area contributed by atoms with Gasteiger partial charge in [0, 0.05) is 16.6 Å². The van der Waals surface area contributed by atoms with Gasteiger partial charge >= 0.3 is 6.09 Å². The fourth-order valence-electron chi connectivity index (χ4n) is 3.83. The maximum Gasteiger partial charge on any atom is 0.408 e. The lowest BCUT2D eigenvalue weighted by Crippen LogP contribution is -2.61. The molecule has 5 nitrogen and oxygen atoms in total. The molecule has 0 bridgehead atoms. The summed E-state index contributed by atoms with van der Waals surface area (Å²) >= 11 is 3.52. The lowest BCUT2D eigenvalue weighted by atomic mass is 9.86. The summed E-state index contributed by atoms with van der Waals surface area (Å²) in [6.45, 7) is 2.32. The highest BCUT2D eigenvalue weighted by molar-refractivity contribution is 9.10. The lowest BCUT2D eigenvalue weighted by Gasteiger charge is -2.40. The molecule has 0 radical (unpaired) electrons. The maximum absolute atomic E-state index is 13.6. The normalized spacial score (nSPS) is 17.7. The molecule has 0 fully saturated rings. The summed E-state index contributed by atoms with van der Waals surface area (Å²) in [4.78, 5) is 27.9. The number of nitrogens with one attached hydrogen (secondary N) is 1. The lowest BCUT2D eigenvalue weighted by molar-refractivity contribution is -0.124. The van der Waals surface area contributed by atoms with Crippen LogP contribution in [-0.4, -0.2) is 17.5 Å². The Morgan fingerprint density at radius 2 is 1.68 bits per heavy atom. The van der Waals surface area contributed by atoms with E-state index in [4.69, 9.17) is 4.74 Å². The first-order chi connectivity index (χ1) is 14.9. The Hall–Kier alpha value is -3.12. The standard InChI is InChI=1S/C25H23BrN2O3/c1-25(27-24(30)31-17-19-10-6-3-7-11-19)15-20-14-21(26)12-13-22(20)28(23(25)29)16-18-8-4-2-5-9-18/h2-14H,15-17H2,1H3,(H,27,30). The largest absolute Gasteiger partial charge is 0.445 e. The van der Waals surface area contributed by atoms with Gasteiger partial charge in [0.05, 0.1) is 6.54 Å². The Bertz CT molecular complexity index is 1090. The summed E-state index contributed by atoms with van der Waals surface area (Å²) in [5.41, 5.74) is 2.62. The number of anilines is 1. The first-order valence-electron chi connectivity index (χ1n) is 10.1. The number of hydrogen-bond donors (Lipinski definition) is 1. The molecular weight excluding hydrogens is 456 g/mol. The summed E-state index contributed by atoms with van der Waals surface area (Å²) in [5.74, 6) is -0.164. The highest BCUT2D eigenvalue weighted by Gasteiger charge is 2.44. The van der Waals surface area contributed by atoms with Crippen molar-refractivity contribution in [3.63, 3.8) is 0 Å². The number of amides is 2. The number of nitrogens with zero attached hydrogens (tertiary/aromatic N) is 1. The third-order valence-electron chi connectivity index (χ3n) is 5.37. The van der Waals surface area contributed by atoms with Crippen molar-refractivity contribution in [3.05, 3.63) is 100 Å². The van der Waals surface area contributed by atoms with Gasteiger partial charge in [-0.05, 0) is 41.8 Å². The van der Waals surface area contributed by atoms with E-state index in [9.17, 15) is 9.59 Å². The second kappa shape index (κ2) is 8.94. The second-order valence-corrected chi connectivity index (χ2v) is 8.76. The van der Waals surface area contributed by atoms with Crippen LogP contribution >= 0.6 is 15.9 Å². The number of carbonyl (C=O) groups excluding carboxylic acids is 2. The Labute approximate surface area is 190 Å². The average molecular weight is 479 g/mol. The molecule has 0 saturated carbocycles. The fraction of sp³-hybridized carbons (Fsp3) is 0.200. The highest BCUT2D eigenvalue weighted by Crippen LogP contribution is 2.35. The van der Waals surface area contributed by atoms with Gasteiger partial charge in [0.1, 0.15) is 12.1 Å². The first-order valence-corrected chi connectivity index (χ1v) is 10.9. The van der Waals surface area contributed by atoms with Gasteiger partial charge in [-0.3, -0.25) is 4.79 Å². The molecule has 0 spiro atoms. The molecule has 3 aromatic rings. The van der Waals surface area contributed by atoms with Crippen LogP contribution in [0.1, 0.15) is 23.6 Å². The molecule has 0 saturated heterocycles. The SMILES string of the molecule is CC1(NC(=O)OCc2ccccc2)Cc2cc(Br)ccc2N(Cc2ccccc2)C1=O. The van der Waals surface area contributed by atoms with Gasteiger partial charge in [0.2, 0.25) is 0 Å². The van der Waals surface area contributed by atoms with E-state index in [1.165, 1.54) is 0 Å². The van der Waals surface area contributed by atoms with Crippen molar-refractivity contribution in [3.8, 4) is 0 Å². The van der Waals surface area contributed by atoms with Gasteiger partial charge in [0.15, 0.2) is 0 Å². The molecule has 6 heteroatoms. The van der Waals surface area contributed by atoms with Crippen LogP contribution in [0.5, 0.6) is 0 Å². The van der Waals surface area contributed by atoms with Crippen LogP contribution < -0.4 is 10.2 Å². The van der Waals surface area contributed by atoms with Crippen molar-refractivity contribution < 1.29 is 14.3 Å². The topological polar surface area (TPSA) is 58.6 Å². The zero-order valence-corrected chi connectivity index (χ0v) is 18.8. The fourth-order valence-corrected chi connectivity index (χ4v) is 4.24. The first kappa shape index (κ1) is 21.1. The van der Waals surface area contributed by atoms with Crippen LogP contribution in [0.25, 0.3) is 0 Å². The molecule has 3 aromatic carbocycles. The third-order valence-corrected chi connectivity index (χ3v) is 5.86. The van der Waals surface area contributed by atoms with E-state index in [0.717, 1.165) is 26.9 Å². The van der Waals surface area contributed by atoms with E-state index in [0.29, 0.717) is 13.0 Å². The van der Waals surface area contributed by atoms with Gasteiger partial charge < -0.3 is 15.0 Å². The molecule has 1 unspecified atom stereocenters. The van der Waals surface area contributed by atoms with Crippen LogP contribution in [0.4, 0.5) is 10.5 Å². The third kappa shape index (κ3) is 4.80. The molecule has 1 heterocycles. The molecule has 2 amide bonds. The van der Waals surface area contributed by atoms with E-state index in [1.807, 2.05) is 78.9 Å². The maximum atomic E-state index is 13.6. The smallest absolute Gasteiger partial charge is 0.408 e. The quantitative estimate of drug-likeness (QED) is 0.546. The molecule has 158 valence electrons. The number of benzene rings is 3. The van der Waals surface area contributed by atoms with Crippen molar-refractivity contribution in [2.75, 3.05) is 4.90 Å². The molecule has 1 aliphatic rings. The molecule has 0 aromatic heterocycles. The molecule has 31 heavy (non-hydrogen) atoms. The minimum atomic E-state index is -1.11. The predicted octanol–water partition coefficient (Wildman–Crippen LogP) is 5.22. The minimum absolute atomic E-state index is 0.146. The molecular formula is C25H23BrN2O3. The Morgan fingerprint density at radius 3 is 2.35 bits per heavy atom. The van der Waals surface area contributed by atoms with Crippen LogP contribution in [0, 0.1) is 0 Å². The molecule has 4 rings (SSSR count). The summed E-state index contributed by atoms with van der Waals surface area (Å²) in [6.07, 6.45) is -0.232. The van der Waals surface area contributed by atoms with Crippen LogP contribution in [0.15, 0.2) is 83.3 Å². The van der Waals surface area contributed by atoms with Crippen LogP contribution in [0.2, 0.25) is 0 Å². The van der Waals surface area contributed by atoms with Gasteiger partial charge in [0.25, 0.3) is 5.91 Å². The van der Waals surface area contributed by atoms with Crippen molar-refractivity contribution in [2.45, 2.75) is 32.0 Å². The number of ether oxygens (including phenoxy) is 1. The van der Waals surface area contributed by atoms with Gasteiger partial charge in [-0.1, -0.05) is 76.6 Å². The zero-order valence-electron chi connectivity index (χ0n) is 17.2. The van der Waals surface area contributed by atoms with E-state index in [2.05, 4.69) is 21.2 Å². The second-order valence-electron chi connectivity index (χ2n) is 7.85. The molecule has 1 N–H and O–H groups in total.